The average molecular weight is 351 g/mol. The van der Waals surface area contributed by atoms with Crippen molar-refractivity contribution >= 4 is 35.1 Å². The molecule has 0 aliphatic heterocycles. The second-order valence-corrected chi connectivity index (χ2v) is 5.67. The van der Waals surface area contributed by atoms with E-state index in [1.165, 1.54) is 10.9 Å². The van der Waals surface area contributed by atoms with Gasteiger partial charge >= 0.3 is 0 Å². The van der Waals surface area contributed by atoms with Crippen molar-refractivity contribution in [2.75, 3.05) is 5.32 Å². The first-order valence-corrected chi connectivity index (χ1v) is 7.46. The highest BCUT2D eigenvalue weighted by Crippen LogP contribution is 2.11. The first kappa shape index (κ1) is 15.5. The zero-order valence-corrected chi connectivity index (χ0v) is 13.4. The van der Waals surface area contributed by atoms with Crippen LogP contribution in [-0.2, 0) is 17.9 Å². The fourth-order valence-corrected chi connectivity index (χ4v) is 2.22. The highest BCUT2D eigenvalue weighted by Gasteiger charge is 2.08. The number of nitrogens with one attached hydrogen (secondary N) is 1. The van der Waals surface area contributed by atoms with Crippen LogP contribution in [0.4, 0.5) is 5.95 Å². The second kappa shape index (κ2) is 6.80. The van der Waals surface area contributed by atoms with Gasteiger partial charge in [-0.2, -0.15) is 5.10 Å². The summed E-state index contributed by atoms with van der Waals surface area (Å²) < 4.78 is 3.06. The van der Waals surface area contributed by atoms with E-state index in [1.807, 2.05) is 24.3 Å². The minimum atomic E-state index is -0.283. The van der Waals surface area contributed by atoms with Gasteiger partial charge in [0.1, 0.15) is 12.9 Å². The fourth-order valence-electron chi connectivity index (χ4n) is 1.94. The van der Waals surface area contributed by atoms with Crippen LogP contribution < -0.4 is 5.32 Å². The van der Waals surface area contributed by atoms with Crippen LogP contribution in [-0.4, -0.2) is 30.5 Å². The predicted octanol–water partition coefficient (Wildman–Crippen LogP) is 2.47. The number of aromatic nitrogens is 5. The van der Waals surface area contributed by atoms with Gasteiger partial charge in [-0.25, -0.2) is 9.67 Å². The summed E-state index contributed by atoms with van der Waals surface area (Å²) in [6, 6.07) is 7.44. The Kier molecular flexibility index (Phi) is 4.59. The number of carbonyl (C=O) groups excluding carboxylic acids is 1. The van der Waals surface area contributed by atoms with E-state index >= 15 is 0 Å². The van der Waals surface area contributed by atoms with Crippen molar-refractivity contribution in [1.29, 1.82) is 0 Å². The first-order chi connectivity index (χ1) is 11.1. The van der Waals surface area contributed by atoms with Crippen molar-refractivity contribution < 1.29 is 4.79 Å². The molecule has 0 fully saturated rings. The number of hydrogen-bond acceptors (Lipinski definition) is 4. The van der Waals surface area contributed by atoms with Crippen LogP contribution in [0.25, 0.3) is 0 Å². The minimum absolute atomic E-state index is 0.0401. The quantitative estimate of drug-likeness (QED) is 0.766. The maximum Gasteiger partial charge on any atom is 0.248 e. The smallest absolute Gasteiger partial charge is 0.248 e. The Balaban J connectivity index is 1.58. The molecule has 0 saturated carbocycles. The molecule has 1 N–H and O–H groups in total. The Morgan fingerprint density at radius 1 is 1.13 bits per heavy atom. The molecule has 3 rings (SSSR count). The van der Waals surface area contributed by atoms with Crippen LogP contribution in [0.1, 0.15) is 5.56 Å². The lowest BCUT2D eigenvalue weighted by Gasteiger charge is -2.02. The van der Waals surface area contributed by atoms with Crippen LogP contribution >= 0.6 is 23.2 Å². The van der Waals surface area contributed by atoms with E-state index in [0.29, 0.717) is 16.6 Å². The molecule has 118 valence electrons. The van der Waals surface area contributed by atoms with Crippen molar-refractivity contribution in [2.24, 2.45) is 0 Å². The van der Waals surface area contributed by atoms with Crippen molar-refractivity contribution in [2.45, 2.75) is 13.1 Å². The maximum absolute atomic E-state index is 11.9. The normalized spacial score (nSPS) is 10.7. The summed E-state index contributed by atoms with van der Waals surface area (Å²) in [6.07, 6.45) is 4.58. The molecule has 0 aliphatic rings. The summed E-state index contributed by atoms with van der Waals surface area (Å²) >= 11 is 11.6. The van der Waals surface area contributed by atoms with Crippen LogP contribution in [0.2, 0.25) is 10.0 Å². The lowest BCUT2D eigenvalue weighted by atomic mass is 10.2. The number of hydrogen-bond donors (Lipinski definition) is 1. The summed E-state index contributed by atoms with van der Waals surface area (Å²) in [5.74, 6) is -0.0452. The molecule has 2 aromatic heterocycles. The number of nitrogens with zero attached hydrogens (tertiary/aromatic N) is 5. The molecule has 0 saturated heterocycles. The Bertz CT molecular complexity index is 811. The van der Waals surface area contributed by atoms with E-state index < -0.39 is 0 Å². The van der Waals surface area contributed by atoms with E-state index in [-0.39, 0.29) is 18.4 Å². The van der Waals surface area contributed by atoms with Gasteiger partial charge in [0, 0.05) is 11.2 Å². The average Bonchev–Trinajstić information content (AvgIpc) is 3.11. The number of carbonyl (C=O) groups is 1. The molecular formula is C14H12Cl2N6O. The Morgan fingerprint density at radius 2 is 1.91 bits per heavy atom. The van der Waals surface area contributed by atoms with E-state index in [0.717, 1.165) is 5.56 Å². The van der Waals surface area contributed by atoms with E-state index in [9.17, 15) is 4.79 Å². The third kappa shape index (κ3) is 4.30. The molecule has 7 nitrogen and oxygen atoms in total. The molecule has 0 unspecified atom stereocenters. The van der Waals surface area contributed by atoms with Crippen LogP contribution in [0.5, 0.6) is 0 Å². The number of amides is 1. The highest BCUT2D eigenvalue weighted by atomic mass is 35.5. The van der Waals surface area contributed by atoms with Crippen LogP contribution in [0.15, 0.2) is 43.0 Å². The number of halogens is 2. The van der Waals surface area contributed by atoms with Gasteiger partial charge in [0.2, 0.25) is 11.9 Å². The largest absolute Gasteiger partial charge is 0.292 e. The molecule has 0 radical (unpaired) electrons. The molecule has 1 aromatic carbocycles. The standard InChI is InChI=1S/C14H12Cl2N6O/c15-11-3-1-10(2-4-11)6-22-9-17-14(20-22)19-13(23)8-21-7-12(16)5-18-21/h1-5,7,9H,6,8H2,(H,19,20,23). The van der Waals surface area contributed by atoms with Gasteiger partial charge in [-0.05, 0) is 17.7 Å². The Labute approximate surface area is 141 Å². The van der Waals surface area contributed by atoms with Gasteiger partial charge in [0.25, 0.3) is 0 Å². The molecule has 3 aromatic rings. The van der Waals surface area contributed by atoms with E-state index in [2.05, 4.69) is 20.5 Å². The molecule has 0 spiro atoms. The van der Waals surface area contributed by atoms with Crippen molar-refractivity contribution in [3.63, 3.8) is 0 Å². The van der Waals surface area contributed by atoms with Gasteiger partial charge in [0.15, 0.2) is 0 Å². The zero-order chi connectivity index (χ0) is 16.2. The highest BCUT2D eigenvalue weighted by molar-refractivity contribution is 6.30. The SMILES string of the molecule is O=C(Cn1cc(Cl)cn1)Nc1ncn(Cc2ccc(Cl)cc2)n1. The molecule has 9 heteroatoms. The lowest BCUT2D eigenvalue weighted by molar-refractivity contribution is -0.116. The molecule has 0 atom stereocenters. The fraction of sp³-hybridized carbons (Fsp3) is 0.143. The van der Waals surface area contributed by atoms with Crippen molar-refractivity contribution in [3.05, 3.63) is 58.6 Å². The summed E-state index contributed by atoms with van der Waals surface area (Å²) in [5, 5.41) is 11.9. The van der Waals surface area contributed by atoms with E-state index in [4.69, 9.17) is 23.2 Å². The summed E-state index contributed by atoms with van der Waals surface area (Å²) in [5.41, 5.74) is 1.03. The van der Waals surface area contributed by atoms with Crippen LogP contribution in [0.3, 0.4) is 0 Å². The molecule has 0 bridgehead atoms. The van der Waals surface area contributed by atoms with Gasteiger partial charge in [-0.15, -0.1) is 5.10 Å². The minimum Gasteiger partial charge on any atom is -0.292 e. The van der Waals surface area contributed by atoms with Crippen LogP contribution in [0, 0.1) is 0 Å². The Hall–Kier alpha value is -2.38. The van der Waals surface area contributed by atoms with Gasteiger partial charge in [-0.1, -0.05) is 35.3 Å². The number of rotatable bonds is 5. The maximum atomic E-state index is 11.9. The monoisotopic (exact) mass is 350 g/mol. The molecule has 2 heterocycles. The number of anilines is 1. The molecule has 23 heavy (non-hydrogen) atoms. The van der Waals surface area contributed by atoms with Crippen molar-refractivity contribution in [1.82, 2.24) is 24.5 Å². The molecule has 0 aliphatic carbocycles. The summed E-state index contributed by atoms with van der Waals surface area (Å²) in [7, 11) is 0. The number of benzene rings is 1. The van der Waals surface area contributed by atoms with Gasteiger partial charge in [-0.3, -0.25) is 14.8 Å². The van der Waals surface area contributed by atoms with Gasteiger partial charge < -0.3 is 0 Å². The third-order valence-electron chi connectivity index (χ3n) is 2.95. The lowest BCUT2D eigenvalue weighted by Crippen LogP contribution is -2.19. The third-order valence-corrected chi connectivity index (χ3v) is 3.40. The summed E-state index contributed by atoms with van der Waals surface area (Å²) in [6.45, 7) is 0.577. The van der Waals surface area contributed by atoms with Gasteiger partial charge in [0.05, 0.1) is 17.8 Å². The topological polar surface area (TPSA) is 77.6 Å². The second-order valence-electron chi connectivity index (χ2n) is 4.80. The predicted molar refractivity (Wildman–Crippen MR) is 86.4 cm³/mol. The Morgan fingerprint density at radius 3 is 2.61 bits per heavy atom. The molecule has 1 amide bonds. The van der Waals surface area contributed by atoms with E-state index in [1.54, 1.807) is 17.2 Å². The van der Waals surface area contributed by atoms with Crippen molar-refractivity contribution in [3.8, 4) is 0 Å². The first-order valence-electron chi connectivity index (χ1n) is 6.70. The molecular weight excluding hydrogens is 339 g/mol. The zero-order valence-electron chi connectivity index (χ0n) is 11.9. The summed E-state index contributed by atoms with van der Waals surface area (Å²) in [4.78, 5) is 15.9.